The Balaban J connectivity index is 1.59. The lowest BCUT2D eigenvalue weighted by molar-refractivity contribution is -0.141. The van der Waals surface area contributed by atoms with Gasteiger partial charge in [-0.15, -0.1) is 0 Å². The van der Waals surface area contributed by atoms with Crippen LogP contribution in [-0.2, 0) is 31.1 Å². The maximum atomic E-state index is 14.1. The zero-order valence-electron chi connectivity index (χ0n) is 27.0. The average molecular weight is 613 g/mol. The van der Waals surface area contributed by atoms with Crippen molar-refractivity contribution in [2.24, 2.45) is 16.2 Å². The first-order chi connectivity index (χ1) is 21.7. The Labute approximate surface area is 265 Å². The van der Waals surface area contributed by atoms with Gasteiger partial charge in [-0.3, -0.25) is 9.59 Å². The van der Waals surface area contributed by atoms with Crippen molar-refractivity contribution in [3.8, 4) is 11.1 Å². The second-order valence-electron chi connectivity index (χ2n) is 12.9. The fraction of sp³-hybridized carbons (Fsp3) is 0.514. The molecule has 8 heteroatoms. The van der Waals surface area contributed by atoms with Crippen molar-refractivity contribution in [1.29, 1.82) is 0 Å². The topological polar surface area (TPSA) is 111 Å². The zero-order valence-corrected chi connectivity index (χ0v) is 27.0. The smallest absolute Gasteiger partial charge is 0.318 e. The highest BCUT2D eigenvalue weighted by atomic mass is 16.7. The minimum atomic E-state index is -0.564. The van der Waals surface area contributed by atoms with Crippen LogP contribution in [0.2, 0.25) is 0 Å². The summed E-state index contributed by atoms with van der Waals surface area (Å²) < 4.78 is 0. The van der Waals surface area contributed by atoms with Crippen LogP contribution in [-0.4, -0.2) is 34.9 Å². The van der Waals surface area contributed by atoms with Crippen molar-refractivity contribution < 1.29 is 28.9 Å². The molecule has 0 aliphatic heterocycles. The van der Waals surface area contributed by atoms with E-state index in [0.717, 1.165) is 92.0 Å². The van der Waals surface area contributed by atoms with E-state index in [2.05, 4.69) is 30.2 Å². The van der Waals surface area contributed by atoms with Gasteiger partial charge in [0, 0.05) is 36.8 Å². The van der Waals surface area contributed by atoms with E-state index in [9.17, 15) is 19.2 Å². The molecule has 8 nitrogen and oxygen atoms in total. The Bertz CT molecular complexity index is 1550. The van der Waals surface area contributed by atoms with E-state index in [-0.39, 0.29) is 22.7 Å². The monoisotopic (exact) mass is 612 g/mol. The molecule has 2 aromatic rings. The van der Waals surface area contributed by atoms with Crippen molar-refractivity contribution in [3.63, 3.8) is 0 Å². The summed E-state index contributed by atoms with van der Waals surface area (Å²) in [5.41, 5.74) is 6.53. The molecule has 1 fully saturated rings. The fourth-order valence-electron chi connectivity index (χ4n) is 7.43. The highest BCUT2D eigenvalue weighted by Crippen LogP contribution is 2.55. The standard InChI is InChI=1S/C37H44N2O6/c1-5-7-16-37(17-8-6-2)31-20-26(35(42)33(38-44-23(3)40)18-25-12-10-9-11-13-25)14-15-28(31)30-19-27-21-34(39-45-24(4)41)36(43)29(27)22-32(30)37/h14-15,19-20,22,25H,5-13,16-18,21H2,1-4H3/b38-33+,39-34+. The molecule has 0 bridgehead atoms. The van der Waals surface area contributed by atoms with Gasteiger partial charge in [-0.1, -0.05) is 94.1 Å². The molecule has 0 radical (unpaired) electrons. The number of fused-ring (bicyclic) bond motifs is 4. The molecule has 0 aromatic heterocycles. The summed E-state index contributed by atoms with van der Waals surface area (Å²) in [5, 5.41) is 7.94. The van der Waals surface area contributed by atoms with Crippen molar-refractivity contribution >= 4 is 34.9 Å². The number of hydrogen-bond acceptors (Lipinski definition) is 8. The Morgan fingerprint density at radius 3 is 2.16 bits per heavy atom. The van der Waals surface area contributed by atoms with E-state index < -0.39 is 11.9 Å². The van der Waals surface area contributed by atoms with Crippen LogP contribution in [0, 0.1) is 5.92 Å². The van der Waals surface area contributed by atoms with Gasteiger partial charge in [-0.05, 0) is 71.2 Å². The van der Waals surface area contributed by atoms with Crippen LogP contribution in [0.5, 0.6) is 0 Å². The van der Waals surface area contributed by atoms with Crippen molar-refractivity contribution in [3.05, 3.63) is 58.1 Å². The van der Waals surface area contributed by atoms with Crippen LogP contribution in [0.1, 0.15) is 142 Å². The molecule has 0 heterocycles. The number of carbonyl (C=O) groups excluding carboxylic acids is 4. The Kier molecular flexibility index (Phi) is 10.1. The molecule has 0 amide bonds. The maximum absolute atomic E-state index is 14.1. The van der Waals surface area contributed by atoms with Crippen LogP contribution >= 0.6 is 0 Å². The number of ketones is 2. The minimum Gasteiger partial charge on any atom is -0.318 e. The van der Waals surface area contributed by atoms with Crippen LogP contribution < -0.4 is 0 Å². The molecule has 0 spiro atoms. The lowest BCUT2D eigenvalue weighted by atomic mass is 9.70. The summed E-state index contributed by atoms with van der Waals surface area (Å²) in [6.07, 6.45) is 12.1. The second kappa shape index (κ2) is 14.0. The van der Waals surface area contributed by atoms with E-state index in [4.69, 9.17) is 9.68 Å². The molecule has 0 unspecified atom stereocenters. The van der Waals surface area contributed by atoms with Gasteiger partial charge in [0.2, 0.25) is 11.6 Å². The van der Waals surface area contributed by atoms with Crippen LogP contribution in [0.4, 0.5) is 0 Å². The third-order valence-electron chi connectivity index (χ3n) is 9.66. The van der Waals surface area contributed by atoms with Crippen molar-refractivity contribution in [2.75, 3.05) is 0 Å². The molecule has 3 aliphatic carbocycles. The lowest BCUT2D eigenvalue weighted by Gasteiger charge is -2.33. The Morgan fingerprint density at radius 1 is 0.844 bits per heavy atom. The predicted molar refractivity (Wildman–Crippen MR) is 174 cm³/mol. The summed E-state index contributed by atoms with van der Waals surface area (Å²) in [7, 11) is 0. The normalized spacial score (nSPS) is 18.0. The average Bonchev–Trinajstić information content (AvgIpc) is 3.49. The summed E-state index contributed by atoms with van der Waals surface area (Å²) in [6.45, 7) is 6.91. The molecule has 0 atom stereocenters. The molecule has 3 aliphatic rings. The molecule has 0 saturated heterocycles. The molecule has 1 saturated carbocycles. The first kappa shape index (κ1) is 32.5. The van der Waals surface area contributed by atoms with Gasteiger partial charge in [0.25, 0.3) is 0 Å². The molecule has 5 rings (SSSR count). The van der Waals surface area contributed by atoms with Gasteiger partial charge in [0.1, 0.15) is 11.4 Å². The highest BCUT2D eigenvalue weighted by molar-refractivity contribution is 6.49. The summed E-state index contributed by atoms with van der Waals surface area (Å²) in [4.78, 5) is 60.4. The highest BCUT2D eigenvalue weighted by Gasteiger charge is 2.44. The van der Waals surface area contributed by atoms with Gasteiger partial charge in [0.05, 0.1) is 0 Å². The van der Waals surface area contributed by atoms with E-state index >= 15 is 0 Å². The number of Topliss-reactive ketones (excluding diaryl/α,β-unsaturated/α-hetero) is 2. The van der Waals surface area contributed by atoms with Gasteiger partial charge in [-0.2, -0.15) is 0 Å². The molecule has 238 valence electrons. The van der Waals surface area contributed by atoms with E-state index in [1.54, 1.807) is 0 Å². The van der Waals surface area contributed by atoms with Crippen molar-refractivity contribution in [1.82, 2.24) is 0 Å². The third kappa shape index (κ3) is 6.70. The number of nitrogens with zero attached hydrogens (tertiary/aromatic N) is 2. The summed E-state index contributed by atoms with van der Waals surface area (Å²) in [6, 6.07) is 10.1. The van der Waals surface area contributed by atoms with E-state index in [1.807, 2.05) is 24.3 Å². The third-order valence-corrected chi connectivity index (χ3v) is 9.66. The number of rotatable bonds is 12. The van der Waals surface area contributed by atoms with E-state index in [0.29, 0.717) is 35.6 Å². The van der Waals surface area contributed by atoms with Gasteiger partial charge < -0.3 is 9.68 Å². The Morgan fingerprint density at radius 2 is 1.51 bits per heavy atom. The first-order valence-corrected chi connectivity index (χ1v) is 16.6. The molecule has 45 heavy (non-hydrogen) atoms. The number of oxime groups is 2. The largest absolute Gasteiger partial charge is 0.331 e. The number of hydrogen-bond donors (Lipinski definition) is 0. The van der Waals surface area contributed by atoms with Gasteiger partial charge in [0.15, 0.2) is 0 Å². The van der Waals surface area contributed by atoms with Crippen LogP contribution in [0.15, 0.2) is 40.6 Å². The number of benzene rings is 2. The molecular weight excluding hydrogens is 568 g/mol. The van der Waals surface area contributed by atoms with E-state index in [1.165, 1.54) is 20.3 Å². The summed E-state index contributed by atoms with van der Waals surface area (Å²) in [5.74, 6) is -1.18. The number of unbranched alkanes of at least 4 members (excludes halogenated alkanes) is 2. The lowest BCUT2D eigenvalue weighted by Crippen LogP contribution is -2.27. The van der Waals surface area contributed by atoms with Crippen molar-refractivity contribution in [2.45, 2.75) is 117 Å². The first-order valence-electron chi connectivity index (χ1n) is 16.6. The predicted octanol–water partition coefficient (Wildman–Crippen LogP) is 8.06. The summed E-state index contributed by atoms with van der Waals surface area (Å²) >= 11 is 0. The molecule has 2 aromatic carbocycles. The van der Waals surface area contributed by atoms with Crippen LogP contribution in [0.3, 0.4) is 0 Å². The maximum Gasteiger partial charge on any atom is 0.331 e. The fourth-order valence-corrected chi connectivity index (χ4v) is 7.43. The van der Waals surface area contributed by atoms with Crippen LogP contribution in [0.25, 0.3) is 11.1 Å². The number of carbonyl (C=O) groups is 4. The quantitative estimate of drug-likeness (QED) is 0.104. The van der Waals surface area contributed by atoms with Gasteiger partial charge in [-0.25, -0.2) is 9.59 Å². The zero-order chi connectivity index (χ0) is 32.1. The Hall–Kier alpha value is -3.94. The van der Waals surface area contributed by atoms with Gasteiger partial charge >= 0.3 is 11.9 Å². The SMILES string of the molecule is CCCCC1(CCCC)c2cc(C(=O)/C(CC3CCCCC3)=N/OC(C)=O)ccc2-c2cc3c(cc21)C(=O)/C(=N/OC(C)=O)C3. The second-order valence-corrected chi connectivity index (χ2v) is 12.9. The molecular formula is C37H44N2O6. The minimum absolute atomic E-state index is 0.204. The molecule has 0 N–H and O–H groups in total.